The van der Waals surface area contributed by atoms with Gasteiger partial charge in [0.2, 0.25) is 0 Å². The number of fused-ring (bicyclic) bond motifs is 1. The van der Waals surface area contributed by atoms with Crippen molar-refractivity contribution in [1.29, 1.82) is 0 Å². The Morgan fingerprint density at radius 2 is 1.96 bits per heavy atom. The lowest BCUT2D eigenvalue weighted by Gasteiger charge is -2.55. The first kappa shape index (κ1) is 18.7. The van der Waals surface area contributed by atoms with E-state index in [2.05, 4.69) is 28.3 Å². The van der Waals surface area contributed by atoms with Gasteiger partial charge in [-0.3, -0.25) is 4.79 Å². The van der Waals surface area contributed by atoms with Gasteiger partial charge in [-0.2, -0.15) is 0 Å². The number of aldehydes is 1. The molecule has 3 fully saturated rings. The molecule has 4 heteroatoms. The van der Waals surface area contributed by atoms with Crippen LogP contribution in [0, 0.1) is 28.6 Å². The van der Waals surface area contributed by atoms with E-state index in [1.165, 1.54) is 31.6 Å². The largest absolute Gasteiger partial charge is 0.463 e. The minimum absolute atomic E-state index is 0.0299. The van der Waals surface area contributed by atoms with E-state index in [0.29, 0.717) is 17.7 Å². The number of hydrogen-bond acceptors (Lipinski definition) is 3. The summed E-state index contributed by atoms with van der Waals surface area (Å²) in [5.74, 6) is 1.66. The summed E-state index contributed by atoms with van der Waals surface area (Å²) in [5, 5.41) is 0. The third-order valence-electron chi connectivity index (χ3n) is 8.29. The molecule has 0 amide bonds. The summed E-state index contributed by atoms with van der Waals surface area (Å²) in [6, 6.07) is 0. The van der Waals surface area contributed by atoms with E-state index in [0.717, 1.165) is 32.1 Å². The van der Waals surface area contributed by atoms with Gasteiger partial charge in [-0.05, 0) is 67.6 Å². The number of esters is 1. The summed E-state index contributed by atoms with van der Waals surface area (Å²) in [4.78, 5) is 23.3. The summed E-state index contributed by atoms with van der Waals surface area (Å²) in [7, 11) is 2.40. The molecule has 7 atom stereocenters. The Hall–Kier alpha value is -1.06. The van der Waals surface area contributed by atoms with Crippen LogP contribution in [0.25, 0.3) is 0 Å². The maximum atomic E-state index is 11.9. The van der Waals surface area contributed by atoms with Crippen molar-refractivity contribution in [2.75, 3.05) is 0 Å². The maximum absolute atomic E-state index is 11.9. The van der Waals surface area contributed by atoms with Crippen LogP contribution in [0.4, 0.5) is 0 Å². The van der Waals surface area contributed by atoms with Crippen LogP contribution in [0.2, 0.25) is 5.82 Å². The van der Waals surface area contributed by atoms with Crippen molar-refractivity contribution in [2.45, 2.75) is 77.6 Å². The fourth-order valence-electron chi connectivity index (χ4n) is 6.75. The Morgan fingerprint density at radius 3 is 2.60 bits per heavy atom. The van der Waals surface area contributed by atoms with E-state index in [1.54, 1.807) is 0 Å². The Kier molecular flexibility index (Phi) is 4.94. The van der Waals surface area contributed by atoms with Gasteiger partial charge in [-0.15, -0.1) is 0 Å². The van der Waals surface area contributed by atoms with Crippen molar-refractivity contribution in [2.24, 2.45) is 28.6 Å². The SMILES string of the molecule is BC1C2CCC(=C)[C@@]2(C)CCC1[C@@]1(C)C[C@@H](OC(C)=O)CC[C@@H]1C=O. The minimum atomic E-state index is -0.201. The van der Waals surface area contributed by atoms with Gasteiger partial charge in [-0.1, -0.05) is 31.8 Å². The van der Waals surface area contributed by atoms with E-state index in [4.69, 9.17) is 4.74 Å². The standard InChI is InChI=1S/C21H33BO3/c1-13-5-8-17-19(22)18(9-10-20(13,17)3)21(4)11-16(25-14(2)24)7-6-15(21)12-23/h12,15-19H,1,5-11,22H2,2-4H3/t15-,16+,17?,18?,19?,20-,21+/m1/s1. The molecule has 0 saturated heterocycles. The molecule has 0 aromatic carbocycles. The van der Waals surface area contributed by atoms with Gasteiger partial charge in [0.25, 0.3) is 0 Å². The lowest BCUT2D eigenvalue weighted by Crippen LogP contribution is -2.49. The fourth-order valence-corrected chi connectivity index (χ4v) is 6.75. The number of rotatable bonds is 3. The second kappa shape index (κ2) is 6.59. The molecule has 0 bridgehead atoms. The Morgan fingerprint density at radius 1 is 1.24 bits per heavy atom. The average molecular weight is 344 g/mol. The van der Waals surface area contributed by atoms with E-state index in [-0.39, 0.29) is 28.8 Å². The molecule has 3 aliphatic rings. The second-order valence-electron chi connectivity index (χ2n) is 9.43. The van der Waals surface area contributed by atoms with E-state index >= 15 is 0 Å². The van der Waals surface area contributed by atoms with Crippen LogP contribution in [-0.2, 0) is 14.3 Å². The number of carbonyl (C=O) groups excluding carboxylic acids is 2. The molecule has 25 heavy (non-hydrogen) atoms. The lowest BCUT2D eigenvalue weighted by molar-refractivity contribution is -0.154. The van der Waals surface area contributed by atoms with Gasteiger partial charge in [0, 0.05) is 12.8 Å². The topological polar surface area (TPSA) is 43.4 Å². The van der Waals surface area contributed by atoms with Crippen molar-refractivity contribution >= 4 is 20.1 Å². The first-order valence-corrected chi connectivity index (χ1v) is 10.0. The molecule has 3 saturated carbocycles. The monoisotopic (exact) mass is 344 g/mol. The molecule has 3 unspecified atom stereocenters. The van der Waals surface area contributed by atoms with Crippen LogP contribution in [0.3, 0.4) is 0 Å². The molecular weight excluding hydrogens is 311 g/mol. The highest BCUT2D eigenvalue weighted by atomic mass is 16.5. The van der Waals surface area contributed by atoms with Crippen molar-refractivity contribution < 1.29 is 14.3 Å². The molecule has 0 heterocycles. The summed E-state index contributed by atoms with van der Waals surface area (Å²) in [6.45, 7) is 10.5. The van der Waals surface area contributed by atoms with Crippen LogP contribution < -0.4 is 0 Å². The molecule has 0 aromatic heterocycles. The molecule has 3 aliphatic carbocycles. The second-order valence-corrected chi connectivity index (χ2v) is 9.43. The first-order chi connectivity index (χ1) is 11.7. The zero-order chi connectivity index (χ0) is 18.4. The van der Waals surface area contributed by atoms with Gasteiger partial charge in [0.05, 0.1) is 0 Å². The van der Waals surface area contributed by atoms with Crippen LogP contribution in [-0.4, -0.2) is 26.2 Å². The van der Waals surface area contributed by atoms with Crippen LogP contribution >= 0.6 is 0 Å². The normalized spacial score (nSPS) is 47.2. The molecule has 0 N–H and O–H groups in total. The van der Waals surface area contributed by atoms with Gasteiger partial charge < -0.3 is 9.53 Å². The highest BCUT2D eigenvalue weighted by Gasteiger charge is 2.55. The highest BCUT2D eigenvalue weighted by Crippen LogP contribution is 2.64. The molecule has 0 aromatic rings. The molecular formula is C21H33BO3. The quantitative estimate of drug-likeness (QED) is 0.339. The maximum Gasteiger partial charge on any atom is 0.302 e. The predicted octanol–water partition coefficient (Wildman–Crippen LogP) is 3.73. The molecule has 3 rings (SSSR count). The molecule has 0 aliphatic heterocycles. The lowest BCUT2D eigenvalue weighted by atomic mass is 9.45. The summed E-state index contributed by atoms with van der Waals surface area (Å²) >= 11 is 0. The molecule has 0 radical (unpaired) electrons. The number of carbonyl (C=O) groups is 2. The van der Waals surface area contributed by atoms with Crippen LogP contribution in [0.15, 0.2) is 12.2 Å². The molecule has 138 valence electrons. The van der Waals surface area contributed by atoms with Gasteiger partial charge in [0.15, 0.2) is 0 Å². The summed E-state index contributed by atoms with van der Waals surface area (Å²) < 4.78 is 5.56. The number of ether oxygens (including phenoxy) is 1. The van der Waals surface area contributed by atoms with Crippen molar-refractivity contribution in [1.82, 2.24) is 0 Å². The molecule has 0 spiro atoms. The zero-order valence-corrected chi connectivity index (χ0v) is 16.3. The number of allylic oxidation sites excluding steroid dienone is 1. The Labute approximate surface area is 153 Å². The van der Waals surface area contributed by atoms with Crippen LogP contribution in [0.1, 0.15) is 65.7 Å². The first-order valence-electron chi connectivity index (χ1n) is 10.0. The van der Waals surface area contributed by atoms with Crippen molar-refractivity contribution in [3.05, 3.63) is 12.2 Å². The third kappa shape index (κ3) is 3.00. The summed E-state index contributed by atoms with van der Waals surface area (Å²) in [6.07, 6.45) is 8.37. The Balaban J connectivity index is 1.85. The van der Waals surface area contributed by atoms with Gasteiger partial charge >= 0.3 is 5.97 Å². The van der Waals surface area contributed by atoms with Crippen LogP contribution in [0.5, 0.6) is 0 Å². The summed E-state index contributed by atoms with van der Waals surface area (Å²) in [5.41, 5.74) is 1.65. The van der Waals surface area contributed by atoms with E-state index < -0.39 is 0 Å². The average Bonchev–Trinajstić information content (AvgIpc) is 2.83. The highest BCUT2D eigenvalue weighted by molar-refractivity contribution is 6.12. The predicted molar refractivity (Wildman–Crippen MR) is 102 cm³/mol. The number of hydrogen-bond donors (Lipinski definition) is 0. The van der Waals surface area contributed by atoms with E-state index in [1.807, 2.05) is 0 Å². The third-order valence-corrected chi connectivity index (χ3v) is 8.29. The van der Waals surface area contributed by atoms with Crippen molar-refractivity contribution in [3.63, 3.8) is 0 Å². The van der Waals surface area contributed by atoms with Gasteiger partial charge in [0.1, 0.15) is 20.2 Å². The fraction of sp³-hybridized carbons (Fsp3) is 0.810. The van der Waals surface area contributed by atoms with Gasteiger partial charge in [-0.25, -0.2) is 0 Å². The minimum Gasteiger partial charge on any atom is -0.463 e. The smallest absolute Gasteiger partial charge is 0.302 e. The van der Waals surface area contributed by atoms with E-state index in [9.17, 15) is 9.59 Å². The van der Waals surface area contributed by atoms with Crippen molar-refractivity contribution in [3.8, 4) is 0 Å². The Bertz CT molecular complexity index is 573. The zero-order valence-electron chi connectivity index (χ0n) is 16.3. The molecule has 3 nitrogen and oxygen atoms in total.